The lowest BCUT2D eigenvalue weighted by atomic mass is 9.96. The quantitative estimate of drug-likeness (QED) is 0.804. The van der Waals surface area contributed by atoms with Crippen LogP contribution < -0.4 is 0 Å². The molecule has 2 atom stereocenters. The summed E-state index contributed by atoms with van der Waals surface area (Å²) in [7, 11) is 0. The number of hydrogen-bond donors (Lipinski definition) is 1. The van der Waals surface area contributed by atoms with Crippen molar-refractivity contribution in [1.29, 1.82) is 0 Å². The van der Waals surface area contributed by atoms with E-state index in [2.05, 4.69) is 30.9 Å². The summed E-state index contributed by atoms with van der Waals surface area (Å²) in [6.07, 6.45) is 3.09. The Morgan fingerprint density at radius 2 is 2.06 bits per heavy atom. The molecule has 2 unspecified atom stereocenters. The highest BCUT2D eigenvalue weighted by atomic mass is 16.3. The summed E-state index contributed by atoms with van der Waals surface area (Å²) in [4.78, 5) is 4.28. The Kier molecular flexibility index (Phi) is 4.93. The van der Waals surface area contributed by atoms with Gasteiger partial charge in [-0.3, -0.25) is 0 Å². The van der Waals surface area contributed by atoms with E-state index >= 15 is 0 Å². The smallest absolute Gasteiger partial charge is 0.138 e. The first-order chi connectivity index (χ1) is 7.54. The molecule has 0 aliphatic carbocycles. The van der Waals surface area contributed by atoms with Gasteiger partial charge in [0.15, 0.2) is 0 Å². The number of rotatable bonds is 6. The fraction of sp³-hybridized carbons (Fsp3) is 0.833. The van der Waals surface area contributed by atoms with Crippen LogP contribution in [0.5, 0.6) is 0 Å². The monoisotopic (exact) mass is 225 g/mol. The standard InChI is InChI=1S/C12H23N3O/c1-5-11(10(4)16)6-12-13-8-14-15(12)7-9(2)3/h8-11,16H,5-7H2,1-4H3. The van der Waals surface area contributed by atoms with E-state index in [1.54, 1.807) is 6.33 Å². The van der Waals surface area contributed by atoms with Crippen LogP contribution in [0.15, 0.2) is 6.33 Å². The van der Waals surface area contributed by atoms with Crippen LogP contribution in [-0.2, 0) is 13.0 Å². The fourth-order valence-corrected chi connectivity index (χ4v) is 1.84. The van der Waals surface area contributed by atoms with E-state index < -0.39 is 0 Å². The Hall–Kier alpha value is -0.900. The van der Waals surface area contributed by atoms with Crippen LogP contribution >= 0.6 is 0 Å². The largest absolute Gasteiger partial charge is 0.393 e. The van der Waals surface area contributed by atoms with E-state index in [0.717, 1.165) is 25.2 Å². The first-order valence-electron chi connectivity index (χ1n) is 6.09. The van der Waals surface area contributed by atoms with E-state index in [1.165, 1.54) is 0 Å². The second kappa shape index (κ2) is 5.99. The van der Waals surface area contributed by atoms with E-state index in [4.69, 9.17) is 0 Å². The molecule has 1 aromatic rings. The van der Waals surface area contributed by atoms with Gasteiger partial charge in [0.2, 0.25) is 0 Å². The average molecular weight is 225 g/mol. The van der Waals surface area contributed by atoms with E-state index in [-0.39, 0.29) is 12.0 Å². The second-order valence-corrected chi connectivity index (χ2v) is 4.87. The maximum atomic E-state index is 9.63. The minimum Gasteiger partial charge on any atom is -0.393 e. The molecular formula is C12H23N3O. The summed E-state index contributed by atoms with van der Waals surface area (Å²) in [5.74, 6) is 1.82. The van der Waals surface area contributed by atoms with Gasteiger partial charge in [0.25, 0.3) is 0 Å². The van der Waals surface area contributed by atoms with Gasteiger partial charge < -0.3 is 5.11 Å². The maximum absolute atomic E-state index is 9.63. The molecule has 0 spiro atoms. The first-order valence-corrected chi connectivity index (χ1v) is 6.09. The zero-order valence-electron chi connectivity index (χ0n) is 10.7. The summed E-state index contributed by atoms with van der Waals surface area (Å²) in [6.45, 7) is 9.16. The normalized spacial score (nSPS) is 15.4. The number of aromatic nitrogens is 3. The molecule has 0 aromatic carbocycles. The molecular weight excluding hydrogens is 202 g/mol. The molecule has 0 bridgehead atoms. The van der Waals surface area contributed by atoms with Gasteiger partial charge >= 0.3 is 0 Å². The molecule has 0 aliphatic heterocycles. The molecule has 1 rings (SSSR count). The maximum Gasteiger partial charge on any atom is 0.138 e. The number of aliphatic hydroxyl groups excluding tert-OH is 1. The first kappa shape index (κ1) is 13.2. The lowest BCUT2D eigenvalue weighted by Gasteiger charge is -2.18. The van der Waals surface area contributed by atoms with Gasteiger partial charge in [-0.15, -0.1) is 0 Å². The highest BCUT2D eigenvalue weighted by Gasteiger charge is 2.17. The summed E-state index contributed by atoms with van der Waals surface area (Å²) < 4.78 is 1.95. The van der Waals surface area contributed by atoms with Gasteiger partial charge in [-0.05, 0) is 18.8 Å². The Labute approximate surface area is 97.7 Å². The number of aliphatic hydroxyl groups is 1. The minimum absolute atomic E-state index is 0.273. The van der Waals surface area contributed by atoms with Gasteiger partial charge in [-0.2, -0.15) is 5.10 Å². The van der Waals surface area contributed by atoms with Crippen molar-refractivity contribution in [1.82, 2.24) is 14.8 Å². The Morgan fingerprint density at radius 1 is 1.38 bits per heavy atom. The molecule has 4 nitrogen and oxygen atoms in total. The summed E-state index contributed by atoms with van der Waals surface area (Å²) >= 11 is 0. The van der Waals surface area contributed by atoms with Gasteiger partial charge in [0, 0.05) is 13.0 Å². The van der Waals surface area contributed by atoms with Gasteiger partial charge in [-0.1, -0.05) is 27.2 Å². The molecule has 0 radical (unpaired) electrons. The lowest BCUT2D eigenvalue weighted by molar-refractivity contribution is 0.121. The van der Waals surface area contributed by atoms with Crippen molar-refractivity contribution in [2.24, 2.45) is 11.8 Å². The van der Waals surface area contributed by atoms with E-state index in [0.29, 0.717) is 5.92 Å². The van der Waals surface area contributed by atoms with Crippen LogP contribution in [0.1, 0.15) is 39.9 Å². The molecule has 0 fully saturated rings. The van der Waals surface area contributed by atoms with Gasteiger partial charge in [0.1, 0.15) is 12.2 Å². The summed E-state index contributed by atoms with van der Waals surface area (Å²) in [6, 6.07) is 0. The third-order valence-electron chi connectivity index (χ3n) is 2.89. The van der Waals surface area contributed by atoms with Crippen LogP contribution in [-0.4, -0.2) is 26.0 Å². The minimum atomic E-state index is -0.283. The van der Waals surface area contributed by atoms with Crippen LogP contribution in [0.25, 0.3) is 0 Å². The molecule has 1 N–H and O–H groups in total. The van der Waals surface area contributed by atoms with E-state index in [1.807, 2.05) is 11.6 Å². The number of nitrogens with zero attached hydrogens (tertiary/aromatic N) is 3. The van der Waals surface area contributed by atoms with E-state index in [9.17, 15) is 5.11 Å². The Bertz CT molecular complexity index is 307. The molecule has 0 saturated heterocycles. The van der Waals surface area contributed by atoms with Crippen LogP contribution in [0.2, 0.25) is 0 Å². The van der Waals surface area contributed by atoms with Crippen molar-refractivity contribution < 1.29 is 5.11 Å². The van der Waals surface area contributed by atoms with Crippen LogP contribution in [0, 0.1) is 11.8 Å². The highest BCUT2D eigenvalue weighted by Crippen LogP contribution is 2.15. The van der Waals surface area contributed by atoms with Gasteiger partial charge in [-0.25, -0.2) is 9.67 Å². The molecule has 0 aliphatic rings. The van der Waals surface area contributed by atoms with Crippen LogP contribution in [0.3, 0.4) is 0 Å². The van der Waals surface area contributed by atoms with Crippen molar-refractivity contribution >= 4 is 0 Å². The zero-order valence-corrected chi connectivity index (χ0v) is 10.7. The predicted molar refractivity (Wildman–Crippen MR) is 64.0 cm³/mol. The molecule has 0 saturated carbocycles. The molecule has 92 valence electrons. The van der Waals surface area contributed by atoms with Crippen molar-refractivity contribution in [3.8, 4) is 0 Å². The fourth-order valence-electron chi connectivity index (χ4n) is 1.84. The SMILES string of the molecule is CCC(Cc1ncnn1CC(C)C)C(C)O. The molecule has 4 heteroatoms. The second-order valence-electron chi connectivity index (χ2n) is 4.87. The van der Waals surface area contributed by atoms with Crippen molar-refractivity contribution in [3.05, 3.63) is 12.2 Å². The molecule has 1 heterocycles. The summed E-state index contributed by atoms with van der Waals surface area (Å²) in [5, 5.41) is 13.9. The lowest BCUT2D eigenvalue weighted by Crippen LogP contribution is -2.21. The third kappa shape index (κ3) is 3.59. The van der Waals surface area contributed by atoms with Crippen molar-refractivity contribution in [3.63, 3.8) is 0 Å². The third-order valence-corrected chi connectivity index (χ3v) is 2.89. The molecule has 1 aromatic heterocycles. The zero-order chi connectivity index (χ0) is 12.1. The van der Waals surface area contributed by atoms with Crippen molar-refractivity contribution in [2.45, 2.75) is 53.2 Å². The average Bonchev–Trinajstić information content (AvgIpc) is 2.60. The summed E-state index contributed by atoms with van der Waals surface area (Å²) in [5.41, 5.74) is 0. The predicted octanol–water partition coefficient (Wildman–Crippen LogP) is 1.88. The van der Waals surface area contributed by atoms with Crippen LogP contribution in [0.4, 0.5) is 0 Å². The highest BCUT2D eigenvalue weighted by molar-refractivity contribution is 4.88. The Morgan fingerprint density at radius 3 is 2.56 bits per heavy atom. The topological polar surface area (TPSA) is 50.9 Å². The van der Waals surface area contributed by atoms with Gasteiger partial charge in [0.05, 0.1) is 6.10 Å². The van der Waals surface area contributed by atoms with Crippen molar-refractivity contribution in [2.75, 3.05) is 0 Å². The molecule has 0 amide bonds. The Balaban J connectivity index is 2.68. The molecule has 16 heavy (non-hydrogen) atoms. The number of hydrogen-bond acceptors (Lipinski definition) is 3.